The summed E-state index contributed by atoms with van der Waals surface area (Å²) in [5.74, 6) is 0.685. The van der Waals surface area contributed by atoms with Crippen LogP contribution in [0.15, 0.2) is 54.6 Å². The van der Waals surface area contributed by atoms with Gasteiger partial charge in [0.2, 0.25) is 0 Å². The van der Waals surface area contributed by atoms with Crippen molar-refractivity contribution < 1.29 is 9.53 Å². The summed E-state index contributed by atoms with van der Waals surface area (Å²) in [7, 11) is 1.97. The number of rotatable bonds is 10. The molecule has 0 N–H and O–H groups in total. The van der Waals surface area contributed by atoms with Crippen LogP contribution in [0.25, 0.3) is 0 Å². The van der Waals surface area contributed by atoms with E-state index in [4.69, 9.17) is 16.3 Å². The van der Waals surface area contributed by atoms with Crippen LogP contribution in [0.1, 0.15) is 36.0 Å². The van der Waals surface area contributed by atoms with Gasteiger partial charge >= 0.3 is 5.97 Å². The van der Waals surface area contributed by atoms with Crippen molar-refractivity contribution in [3.05, 3.63) is 71.3 Å². The number of hydrogen-bond acceptors (Lipinski definition) is 3. The molecule has 0 amide bonds. The lowest BCUT2D eigenvalue weighted by Gasteiger charge is -2.20. The van der Waals surface area contributed by atoms with Crippen LogP contribution >= 0.6 is 24.0 Å². The molecule has 0 saturated heterocycles. The van der Waals surface area contributed by atoms with Gasteiger partial charge in [-0.3, -0.25) is 4.79 Å². The Morgan fingerprint density at radius 1 is 1.07 bits per heavy atom. The number of carbonyl (C=O) groups excluding carboxylic acids is 1. The van der Waals surface area contributed by atoms with Crippen LogP contribution in [0.3, 0.4) is 0 Å². The van der Waals surface area contributed by atoms with E-state index in [-0.39, 0.29) is 24.3 Å². The summed E-state index contributed by atoms with van der Waals surface area (Å²) >= 11 is 5.71. The molecule has 0 aliphatic heterocycles. The summed E-state index contributed by atoms with van der Waals surface area (Å²) in [5.41, 5.74) is 3.53. The third kappa shape index (κ3) is 7.53. The predicted molar refractivity (Wildman–Crippen MR) is 115 cm³/mol. The van der Waals surface area contributed by atoms with Crippen LogP contribution in [0.5, 0.6) is 0 Å². The van der Waals surface area contributed by atoms with Gasteiger partial charge in [-0.15, -0.1) is 24.0 Å². The third-order valence-corrected chi connectivity index (χ3v) is 4.75. The number of benzene rings is 2. The van der Waals surface area contributed by atoms with Gasteiger partial charge in [-0.05, 0) is 30.2 Å². The van der Waals surface area contributed by atoms with Crippen LogP contribution in [0.4, 0.5) is 0 Å². The Kier molecular flexibility index (Phi) is 11.1. The van der Waals surface area contributed by atoms with Gasteiger partial charge in [0.1, 0.15) is 6.61 Å². The van der Waals surface area contributed by atoms with E-state index in [1.54, 1.807) is 0 Å². The number of alkyl halides is 1. The number of esters is 1. The number of nitrogens with zero attached hydrogens (tertiary/aromatic N) is 1. The molecule has 1 unspecified atom stereocenters. The number of hydrogen-bond donors (Lipinski definition) is 0. The second kappa shape index (κ2) is 12.8. The van der Waals surface area contributed by atoms with Crippen LogP contribution in [0, 0.1) is 0 Å². The SMILES string of the molecule is CCC(c1ccccc1)c1ccccc1CC(=O)OCCN(C)CCCl.Cl. The summed E-state index contributed by atoms with van der Waals surface area (Å²) in [5, 5.41) is 0. The zero-order valence-corrected chi connectivity index (χ0v) is 17.6. The average molecular weight is 410 g/mol. The van der Waals surface area contributed by atoms with Crippen molar-refractivity contribution in [3.63, 3.8) is 0 Å². The number of likely N-dealkylation sites (N-methyl/N-ethyl adjacent to an activating group) is 1. The minimum Gasteiger partial charge on any atom is -0.464 e. The Morgan fingerprint density at radius 3 is 2.41 bits per heavy atom. The third-order valence-electron chi connectivity index (χ3n) is 4.58. The quantitative estimate of drug-likeness (QED) is 0.412. The van der Waals surface area contributed by atoms with Gasteiger partial charge in [0, 0.05) is 24.9 Å². The highest BCUT2D eigenvalue weighted by molar-refractivity contribution is 6.18. The van der Waals surface area contributed by atoms with Crippen LogP contribution < -0.4 is 0 Å². The highest BCUT2D eigenvalue weighted by atomic mass is 35.5. The predicted octanol–water partition coefficient (Wildman–Crippen LogP) is 4.91. The molecule has 0 aliphatic carbocycles. The molecular weight excluding hydrogens is 381 g/mol. The van der Waals surface area contributed by atoms with E-state index in [0.717, 1.165) is 18.5 Å². The van der Waals surface area contributed by atoms with Crippen molar-refractivity contribution in [3.8, 4) is 0 Å². The average Bonchev–Trinajstić information content (AvgIpc) is 2.65. The van der Waals surface area contributed by atoms with Gasteiger partial charge in [0.15, 0.2) is 0 Å². The second-order valence-electron chi connectivity index (χ2n) is 6.46. The van der Waals surface area contributed by atoms with Gasteiger partial charge in [-0.25, -0.2) is 0 Å². The molecular formula is C22H29Cl2NO2. The van der Waals surface area contributed by atoms with Crippen LogP contribution in [0.2, 0.25) is 0 Å². The highest BCUT2D eigenvalue weighted by Crippen LogP contribution is 2.30. The van der Waals surface area contributed by atoms with E-state index < -0.39 is 0 Å². The van der Waals surface area contributed by atoms with Gasteiger partial charge in [-0.2, -0.15) is 0 Å². The lowest BCUT2D eigenvalue weighted by Crippen LogP contribution is -2.26. The largest absolute Gasteiger partial charge is 0.464 e. The summed E-state index contributed by atoms with van der Waals surface area (Å²) < 4.78 is 5.41. The first kappa shape index (κ1) is 23.5. The van der Waals surface area contributed by atoms with Crippen molar-refractivity contribution in [2.24, 2.45) is 0 Å². The maximum absolute atomic E-state index is 12.3. The van der Waals surface area contributed by atoms with Crippen molar-refractivity contribution >= 4 is 30.0 Å². The molecule has 27 heavy (non-hydrogen) atoms. The number of carbonyl (C=O) groups is 1. The zero-order chi connectivity index (χ0) is 18.8. The zero-order valence-electron chi connectivity index (χ0n) is 16.1. The van der Waals surface area contributed by atoms with E-state index in [2.05, 4.69) is 42.2 Å². The maximum atomic E-state index is 12.3. The topological polar surface area (TPSA) is 29.5 Å². The van der Waals surface area contributed by atoms with Gasteiger partial charge in [0.25, 0.3) is 0 Å². The lowest BCUT2D eigenvalue weighted by molar-refractivity contribution is -0.143. The Balaban J connectivity index is 0.00000364. The fraction of sp³-hybridized carbons (Fsp3) is 0.409. The molecule has 2 aromatic rings. The molecule has 5 heteroatoms. The van der Waals surface area contributed by atoms with Gasteiger partial charge in [-0.1, -0.05) is 61.5 Å². The minimum atomic E-state index is -0.181. The van der Waals surface area contributed by atoms with Crippen molar-refractivity contribution in [2.45, 2.75) is 25.7 Å². The minimum absolute atomic E-state index is 0. The van der Waals surface area contributed by atoms with E-state index in [1.807, 2.05) is 31.3 Å². The van der Waals surface area contributed by atoms with Crippen LogP contribution in [-0.4, -0.2) is 43.5 Å². The molecule has 2 aromatic carbocycles. The molecule has 0 bridgehead atoms. The van der Waals surface area contributed by atoms with Crippen molar-refractivity contribution in [2.75, 3.05) is 32.6 Å². The van der Waals surface area contributed by atoms with E-state index in [0.29, 0.717) is 25.5 Å². The Labute approximate surface area is 174 Å². The first-order valence-electron chi connectivity index (χ1n) is 9.18. The molecule has 1 atom stereocenters. The summed E-state index contributed by atoms with van der Waals surface area (Å²) in [6.07, 6.45) is 1.29. The Hall–Kier alpha value is -1.55. The highest BCUT2D eigenvalue weighted by Gasteiger charge is 2.17. The first-order chi connectivity index (χ1) is 12.7. The number of halogens is 2. The molecule has 0 radical (unpaired) electrons. The van der Waals surface area contributed by atoms with Crippen LogP contribution in [-0.2, 0) is 16.0 Å². The Bertz CT molecular complexity index is 679. The van der Waals surface area contributed by atoms with E-state index >= 15 is 0 Å². The molecule has 0 heterocycles. The molecule has 148 valence electrons. The van der Waals surface area contributed by atoms with Gasteiger partial charge < -0.3 is 9.64 Å². The molecule has 2 rings (SSSR count). The van der Waals surface area contributed by atoms with E-state index in [9.17, 15) is 4.79 Å². The molecule has 0 aliphatic rings. The fourth-order valence-electron chi connectivity index (χ4n) is 3.13. The smallest absolute Gasteiger partial charge is 0.310 e. The van der Waals surface area contributed by atoms with Crippen molar-refractivity contribution in [1.82, 2.24) is 4.90 Å². The summed E-state index contributed by atoms with van der Waals surface area (Å²) in [4.78, 5) is 14.3. The van der Waals surface area contributed by atoms with Gasteiger partial charge in [0.05, 0.1) is 6.42 Å². The molecule has 0 fully saturated rings. The maximum Gasteiger partial charge on any atom is 0.310 e. The standard InChI is InChI=1S/C22H28ClNO2.ClH/c1-3-20(18-9-5-4-6-10-18)21-12-8-7-11-19(21)17-22(25)26-16-15-24(2)14-13-23;/h4-12,20H,3,13-17H2,1-2H3;1H. The van der Waals surface area contributed by atoms with E-state index in [1.165, 1.54) is 11.1 Å². The molecule has 3 nitrogen and oxygen atoms in total. The number of ether oxygens (including phenoxy) is 1. The second-order valence-corrected chi connectivity index (χ2v) is 6.84. The fourth-order valence-corrected chi connectivity index (χ4v) is 3.42. The first-order valence-corrected chi connectivity index (χ1v) is 9.72. The lowest BCUT2D eigenvalue weighted by atomic mass is 9.85. The molecule has 0 aromatic heterocycles. The summed E-state index contributed by atoms with van der Waals surface area (Å²) in [6, 6.07) is 18.6. The molecule has 0 saturated carbocycles. The Morgan fingerprint density at radius 2 is 1.74 bits per heavy atom. The molecule has 0 spiro atoms. The normalized spacial score (nSPS) is 11.7. The van der Waals surface area contributed by atoms with Crippen molar-refractivity contribution in [1.29, 1.82) is 0 Å². The summed E-state index contributed by atoms with van der Waals surface area (Å²) in [6.45, 7) is 4.06. The monoisotopic (exact) mass is 409 g/mol.